The van der Waals surface area contributed by atoms with Crippen LogP contribution < -0.4 is 10.1 Å². The maximum absolute atomic E-state index is 13.1. The molecule has 0 aliphatic carbocycles. The molecule has 3 rings (SSSR count). The first kappa shape index (κ1) is 22.9. The lowest BCUT2D eigenvalue weighted by Gasteiger charge is -2.19. The molecule has 0 atom stereocenters. The molecule has 0 spiro atoms. The zero-order valence-electron chi connectivity index (χ0n) is 18.8. The van der Waals surface area contributed by atoms with Crippen LogP contribution in [0.25, 0.3) is 10.9 Å². The first-order chi connectivity index (χ1) is 15.2. The largest absolute Gasteiger partial charge is 0.492 e. The lowest BCUT2D eigenvalue weighted by atomic mass is 9.98. The van der Waals surface area contributed by atoms with Gasteiger partial charge in [0, 0.05) is 16.6 Å². The average Bonchev–Trinajstić information content (AvgIpc) is 3.11. The molecule has 3 aromatic rings. The van der Waals surface area contributed by atoms with Crippen molar-refractivity contribution in [2.45, 2.75) is 34.2 Å². The number of anilines is 1. The van der Waals surface area contributed by atoms with E-state index in [9.17, 15) is 14.9 Å². The summed E-state index contributed by atoms with van der Waals surface area (Å²) in [6.07, 6.45) is 0. The number of rotatable bonds is 7. The van der Waals surface area contributed by atoms with E-state index in [0.29, 0.717) is 29.3 Å². The molecule has 0 radical (unpaired) electrons. The molecular formula is C25H27N3O4. The Morgan fingerprint density at radius 1 is 1.12 bits per heavy atom. The zero-order chi connectivity index (χ0) is 23.3. The van der Waals surface area contributed by atoms with E-state index in [1.807, 2.05) is 45.0 Å². The Morgan fingerprint density at radius 3 is 2.56 bits per heavy atom. The number of esters is 1. The highest BCUT2D eigenvalue weighted by Gasteiger charge is 2.19. The predicted molar refractivity (Wildman–Crippen MR) is 123 cm³/mol. The number of nitrogens with zero attached hydrogens (tertiary/aromatic N) is 2. The number of aromatic nitrogens is 1. The van der Waals surface area contributed by atoms with Crippen molar-refractivity contribution < 1.29 is 19.1 Å². The Labute approximate surface area is 187 Å². The quantitative estimate of drug-likeness (QED) is 0.543. The van der Waals surface area contributed by atoms with E-state index >= 15 is 0 Å². The van der Waals surface area contributed by atoms with E-state index in [0.717, 1.165) is 10.9 Å². The van der Waals surface area contributed by atoms with E-state index in [4.69, 9.17) is 9.47 Å². The van der Waals surface area contributed by atoms with Crippen LogP contribution in [-0.4, -0.2) is 29.7 Å². The summed E-state index contributed by atoms with van der Waals surface area (Å²) in [5.74, 6) is -0.343. The number of benzene rings is 2. The number of amides is 1. The fourth-order valence-corrected chi connectivity index (χ4v) is 3.21. The summed E-state index contributed by atoms with van der Waals surface area (Å²) >= 11 is 0. The van der Waals surface area contributed by atoms with Gasteiger partial charge in [-0.1, -0.05) is 39.0 Å². The fraction of sp³-hybridized carbons (Fsp3) is 0.320. The first-order valence-electron chi connectivity index (χ1n) is 10.4. The molecule has 166 valence electrons. The van der Waals surface area contributed by atoms with Gasteiger partial charge < -0.3 is 19.4 Å². The van der Waals surface area contributed by atoms with Gasteiger partial charge in [0.2, 0.25) is 0 Å². The molecule has 0 saturated carbocycles. The van der Waals surface area contributed by atoms with Gasteiger partial charge in [0.1, 0.15) is 24.1 Å². The highest BCUT2D eigenvalue weighted by molar-refractivity contribution is 6.06. The van der Waals surface area contributed by atoms with Gasteiger partial charge >= 0.3 is 5.97 Å². The SMILES string of the molecule is CCOC(=O)Cn1c(C(=O)Nc2ccc(OCC(C)(C)C)c(C#N)c2)cc2ccccc21. The normalized spacial score (nSPS) is 11.1. The monoisotopic (exact) mass is 433 g/mol. The van der Waals surface area contributed by atoms with Crippen LogP contribution in [0.3, 0.4) is 0 Å². The number of ether oxygens (including phenoxy) is 2. The van der Waals surface area contributed by atoms with Crippen LogP contribution >= 0.6 is 0 Å². The van der Waals surface area contributed by atoms with Crippen molar-refractivity contribution >= 4 is 28.5 Å². The molecule has 0 aliphatic heterocycles. The van der Waals surface area contributed by atoms with Crippen molar-refractivity contribution in [3.05, 3.63) is 59.8 Å². The van der Waals surface area contributed by atoms with Gasteiger partial charge in [-0.15, -0.1) is 0 Å². The van der Waals surface area contributed by atoms with Gasteiger partial charge in [0.05, 0.1) is 18.8 Å². The third kappa shape index (κ3) is 5.46. The summed E-state index contributed by atoms with van der Waals surface area (Å²) in [7, 11) is 0. The number of hydrogen-bond donors (Lipinski definition) is 1. The standard InChI is InChI=1S/C25H27N3O4/c1-5-31-23(29)15-28-20-9-7-6-8-17(20)13-21(28)24(30)27-19-10-11-22(18(12-19)14-26)32-16-25(2,3)4/h6-13H,5,15-16H2,1-4H3,(H,27,30). The van der Waals surface area contributed by atoms with Crippen LogP contribution in [0.15, 0.2) is 48.5 Å². The Bertz CT molecular complexity index is 1180. The fourth-order valence-electron chi connectivity index (χ4n) is 3.21. The topological polar surface area (TPSA) is 93.3 Å². The molecule has 0 saturated heterocycles. The van der Waals surface area contributed by atoms with E-state index in [1.165, 1.54) is 0 Å². The smallest absolute Gasteiger partial charge is 0.325 e. The molecule has 7 nitrogen and oxygen atoms in total. The molecule has 0 unspecified atom stereocenters. The molecule has 2 aromatic carbocycles. The zero-order valence-corrected chi connectivity index (χ0v) is 18.8. The Hall–Kier alpha value is -3.79. The van der Waals surface area contributed by atoms with Crippen molar-refractivity contribution in [1.82, 2.24) is 4.57 Å². The van der Waals surface area contributed by atoms with Crippen molar-refractivity contribution in [2.75, 3.05) is 18.5 Å². The van der Waals surface area contributed by atoms with Gasteiger partial charge in [-0.3, -0.25) is 9.59 Å². The van der Waals surface area contributed by atoms with Crippen LogP contribution in [0.2, 0.25) is 0 Å². The van der Waals surface area contributed by atoms with Crippen LogP contribution in [0, 0.1) is 16.7 Å². The van der Waals surface area contributed by atoms with Crippen molar-refractivity contribution in [1.29, 1.82) is 5.26 Å². The lowest BCUT2D eigenvalue weighted by molar-refractivity contribution is -0.143. The van der Waals surface area contributed by atoms with Crippen molar-refractivity contribution in [3.63, 3.8) is 0 Å². The van der Waals surface area contributed by atoms with E-state index in [1.54, 1.807) is 35.8 Å². The molecule has 1 aromatic heterocycles. The maximum Gasteiger partial charge on any atom is 0.325 e. The predicted octanol–water partition coefficient (Wildman–Crippen LogP) is 4.75. The van der Waals surface area contributed by atoms with E-state index in [-0.39, 0.29) is 18.6 Å². The molecule has 32 heavy (non-hydrogen) atoms. The molecular weight excluding hydrogens is 406 g/mol. The summed E-state index contributed by atoms with van der Waals surface area (Å²) in [5, 5.41) is 13.2. The molecule has 1 amide bonds. The highest BCUT2D eigenvalue weighted by Crippen LogP contribution is 2.26. The Balaban J connectivity index is 1.87. The maximum atomic E-state index is 13.1. The second kappa shape index (κ2) is 9.56. The summed E-state index contributed by atoms with van der Waals surface area (Å²) in [6.45, 7) is 8.52. The lowest BCUT2D eigenvalue weighted by Crippen LogP contribution is -2.21. The Morgan fingerprint density at radius 2 is 1.88 bits per heavy atom. The first-order valence-corrected chi connectivity index (χ1v) is 10.4. The number of carbonyl (C=O) groups is 2. The van der Waals surface area contributed by atoms with Crippen LogP contribution in [0.1, 0.15) is 43.7 Å². The van der Waals surface area contributed by atoms with E-state index < -0.39 is 11.9 Å². The second-order valence-corrected chi connectivity index (χ2v) is 8.61. The molecule has 0 aliphatic rings. The minimum Gasteiger partial charge on any atom is -0.492 e. The average molecular weight is 434 g/mol. The van der Waals surface area contributed by atoms with Crippen LogP contribution in [-0.2, 0) is 16.1 Å². The van der Waals surface area contributed by atoms with Gasteiger partial charge in [0.15, 0.2) is 0 Å². The van der Waals surface area contributed by atoms with Gasteiger partial charge in [-0.05, 0) is 42.7 Å². The minimum absolute atomic E-state index is 0.0497. The minimum atomic E-state index is -0.421. The number of carbonyl (C=O) groups excluding carboxylic acids is 2. The van der Waals surface area contributed by atoms with Crippen LogP contribution in [0.4, 0.5) is 5.69 Å². The highest BCUT2D eigenvalue weighted by atomic mass is 16.5. The molecule has 7 heteroatoms. The van der Waals surface area contributed by atoms with Gasteiger partial charge in [0.25, 0.3) is 5.91 Å². The van der Waals surface area contributed by atoms with Crippen LogP contribution in [0.5, 0.6) is 5.75 Å². The molecule has 1 N–H and O–H groups in total. The van der Waals surface area contributed by atoms with Crippen molar-refractivity contribution in [2.24, 2.45) is 5.41 Å². The van der Waals surface area contributed by atoms with Gasteiger partial charge in [-0.25, -0.2) is 0 Å². The van der Waals surface area contributed by atoms with E-state index in [2.05, 4.69) is 11.4 Å². The number of hydrogen-bond acceptors (Lipinski definition) is 5. The molecule has 0 bridgehead atoms. The second-order valence-electron chi connectivity index (χ2n) is 8.61. The third-order valence-corrected chi connectivity index (χ3v) is 4.65. The number of nitrogens with one attached hydrogen (secondary N) is 1. The summed E-state index contributed by atoms with van der Waals surface area (Å²) in [4.78, 5) is 25.2. The number of nitriles is 1. The summed E-state index contributed by atoms with van der Waals surface area (Å²) < 4.78 is 12.5. The van der Waals surface area contributed by atoms with Crippen molar-refractivity contribution in [3.8, 4) is 11.8 Å². The summed E-state index contributed by atoms with van der Waals surface area (Å²) in [6, 6.07) is 16.2. The third-order valence-electron chi connectivity index (χ3n) is 4.65. The number of para-hydroxylation sites is 1. The molecule has 1 heterocycles. The summed E-state index contributed by atoms with van der Waals surface area (Å²) in [5.41, 5.74) is 1.83. The van der Waals surface area contributed by atoms with Gasteiger partial charge in [-0.2, -0.15) is 5.26 Å². The number of fused-ring (bicyclic) bond motifs is 1. The Kier molecular flexibility index (Phi) is 6.84. The molecule has 0 fully saturated rings.